The Morgan fingerprint density at radius 1 is 0.803 bits per heavy atom. The largest absolute Gasteiger partial charge is 0.443 e. The van der Waals surface area contributed by atoms with Crippen LogP contribution in [0.25, 0.3) is 0 Å². The lowest BCUT2D eigenvalue weighted by Crippen LogP contribution is -2.51. The molecule has 2 aliphatic rings. The third kappa shape index (κ3) is 18.1. The molecule has 2 aliphatic heterocycles. The first-order chi connectivity index (χ1) is 29.6. The number of nitrogens with one attached hydrogen (secondary N) is 2. The molecule has 4 rings (SSSR count). The molecule has 2 saturated heterocycles. The molecule has 11 nitrogen and oxygen atoms in total. The molecule has 0 spiro atoms. The number of alkyl carbamates (subject to hydrolysis) is 1. The number of amides is 2. The zero-order valence-electron chi connectivity index (χ0n) is 36.1. The van der Waals surface area contributed by atoms with E-state index in [2.05, 4.69) is 78.3 Å². The molecule has 0 aliphatic carbocycles. The van der Waals surface area contributed by atoms with Crippen molar-refractivity contribution in [3.05, 3.63) is 133 Å². The van der Waals surface area contributed by atoms with Gasteiger partial charge in [-0.05, 0) is 87.1 Å². The molecule has 0 radical (unpaired) electrons. The van der Waals surface area contributed by atoms with Gasteiger partial charge in [-0.3, -0.25) is 4.79 Å². The van der Waals surface area contributed by atoms with Gasteiger partial charge in [0.2, 0.25) is 15.9 Å². The van der Waals surface area contributed by atoms with Gasteiger partial charge in [-0.2, -0.15) is 4.31 Å². The van der Waals surface area contributed by atoms with Crippen LogP contribution < -0.4 is 10.6 Å². The Morgan fingerprint density at radius 3 is 1.98 bits per heavy atom. The van der Waals surface area contributed by atoms with Crippen molar-refractivity contribution in [1.29, 1.82) is 0 Å². The number of aliphatic hydroxyl groups excluding tert-OH is 1. The van der Waals surface area contributed by atoms with Crippen LogP contribution in [-0.2, 0) is 35.4 Å². The van der Waals surface area contributed by atoms with E-state index < -0.39 is 34.4 Å². The maximum atomic E-state index is 14.0. The van der Waals surface area contributed by atoms with Gasteiger partial charge in [-0.25, -0.2) is 13.2 Å². The van der Waals surface area contributed by atoms with E-state index >= 15 is 0 Å². The fraction of sp³-hybridized carbons (Fsp3) is 0.469. The van der Waals surface area contributed by atoms with Gasteiger partial charge in [0, 0.05) is 25.2 Å². The summed E-state index contributed by atoms with van der Waals surface area (Å²) in [5, 5.41) is 17.3. The molecular formula is C49H67N3O8S. The average molecular weight is 858 g/mol. The standard InChI is InChI=1S/C49H67N3O8S/c1-4-5-6-7-8-9-10-11-12-13-14-15-16-17-18-19-20-21-25-28-48(54)50-41-29-31-42(32-30-41)61(56,57)52(34-39(2)3)35-45(53)44(33-40-26-23-22-24-27-40)51-49(55)60-47-38-59-46-37-58-36-43(46)47/h5-6,8-9,11-12,14-15,17-18,20-24,26-27,29-32,39,43-47,53H,4,7,10,13,16,19,25,28,33-38H2,1-3H3,(H,50,54)(H,51,55)/t43-,44+,45-,46+,47+/m1/s1. The minimum absolute atomic E-state index is 0.0258. The van der Waals surface area contributed by atoms with Crippen LogP contribution in [0.3, 0.4) is 0 Å². The van der Waals surface area contributed by atoms with Crippen molar-refractivity contribution in [3.8, 4) is 0 Å². The molecule has 2 aromatic carbocycles. The van der Waals surface area contributed by atoms with Gasteiger partial charge in [0.05, 0.1) is 48.9 Å². The maximum absolute atomic E-state index is 14.0. The van der Waals surface area contributed by atoms with E-state index in [0.717, 1.165) is 44.1 Å². The molecule has 2 heterocycles. The lowest BCUT2D eigenvalue weighted by Gasteiger charge is -2.31. The number of ether oxygens (including phenoxy) is 3. The van der Waals surface area contributed by atoms with Gasteiger partial charge in [-0.1, -0.05) is 124 Å². The molecule has 12 heteroatoms. The third-order valence-corrected chi connectivity index (χ3v) is 12.1. The quantitative estimate of drug-likeness (QED) is 0.0797. The predicted octanol–water partition coefficient (Wildman–Crippen LogP) is 8.86. The summed E-state index contributed by atoms with van der Waals surface area (Å²) in [4.78, 5) is 25.9. The van der Waals surface area contributed by atoms with Crippen LogP contribution >= 0.6 is 0 Å². The summed E-state index contributed by atoms with van der Waals surface area (Å²) in [6.07, 6.45) is 29.9. The highest BCUT2D eigenvalue weighted by Crippen LogP contribution is 2.29. The van der Waals surface area contributed by atoms with Crippen molar-refractivity contribution in [1.82, 2.24) is 9.62 Å². The fourth-order valence-electron chi connectivity index (χ4n) is 6.96. The number of allylic oxidation sites excluding steroid dienone is 12. The number of carbonyl (C=O) groups excluding carboxylic acids is 2. The van der Waals surface area contributed by atoms with E-state index in [1.807, 2.05) is 56.3 Å². The number of sulfonamides is 1. The first kappa shape index (κ1) is 49.1. The van der Waals surface area contributed by atoms with Crippen molar-refractivity contribution >= 4 is 27.7 Å². The van der Waals surface area contributed by atoms with Gasteiger partial charge in [0.25, 0.3) is 0 Å². The van der Waals surface area contributed by atoms with E-state index in [4.69, 9.17) is 14.2 Å². The zero-order chi connectivity index (χ0) is 43.7. The molecule has 2 amide bonds. The molecule has 0 saturated carbocycles. The first-order valence-electron chi connectivity index (χ1n) is 21.7. The molecule has 0 bridgehead atoms. The summed E-state index contributed by atoms with van der Waals surface area (Å²) in [7, 11) is -4.08. The molecule has 61 heavy (non-hydrogen) atoms. The molecule has 2 fully saturated rings. The number of anilines is 1. The molecular weight excluding hydrogens is 791 g/mol. The van der Waals surface area contributed by atoms with Crippen LogP contribution in [0.5, 0.6) is 0 Å². The highest BCUT2D eigenvalue weighted by Gasteiger charge is 2.44. The number of aliphatic hydroxyl groups is 1. The Morgan fingerprint density at radius 2 is 1.39 bits per heavy atom. The van der Waals surface area contributed by atoms with E-state index in [0.29, 0.717) is 25.3 Å². The second kappa shape index (κ2) is 27.4. The number of hydrogen-bond acceptors (Lipinski definition) is 8. The molecule has 2 aromatic rings. The van der Waals surface area contributed by atoms with Gasteiger partial charge in [0.15, 0.2) is 0 Å². The average Bonchev–Trinajstić information content (AvgIpc) is 3.87. The second-order valence-electron chi connectivity index (χ2n) is 15.8. The SMILES string of the molecule is CCC=CCC=CCC=CCC=CCC=CCC=CCCC(=O)Nc1ccc(S(=O)(=O)N(CC(C)C)C[C@@H](O)[C@H](Cc2ccccc2)NC(=O)O[C@H]2CO[C@H]3COC[C@H]32)cc1. The Labute approximate surface area is 364 Å². The zero-order valence-corrected chi connectivity index (χ0v) is 37.0. The van der Waals surface area contributed by atoms with Gasteiger partial charge in [-0.15, -0.1) is 0 Å². The van der Waals surface area contributed by atoms with Crippen molar-refractivity contribution in [2.24, 2.45) is 11.8 Å². The van der Waals surface area contributed by atoms with E-state index in [1.165, 1.54) is 16.4 Å². The normalized spacial score (nSPS) is 19.4. The number of carbonyl (C=O) groups is 2. The number of nitrogens with zero attached hydrogens (tertiary/aromatic N) is 1. The predicted molar refractivity (Wildman–Crippen MR) is 244 cm³/mol. The van der Waals surface area contributed by atoms with Gasteiger partial charge >= 0.3 is 6.09 Å². The monoisotopic (exact) mass is 857 g/mol. The van der Waals surface area contributed by atoms with Crippen LogP contribution in [0.4, 0.5) is 10.5 Å². The first-order valence-corrected chi connectivity index (χ1v) is 23.2. The van der Waals surface area contributed by atoms with E-state index in [1.54, 1.807) is 12.1 Å². The number of rotatable bonds is 26. The molecule has 5 atom stereocenters. The van der Waals surface area contributed by atoms with Crippen molar-refractivity contribution in [3.63, 3.8) is 0 Å². The van der Waals surface area contributed by atoms with Crippen molar-refractivity contribution < 1.29 is 37.3 Å². The molecule has 3 N–H and O–H groups in total. The lowest BCUT2D eigenvalue weighted by atomic mass is 10.0. The molecule has 0 unspecified atom stereocenters. The van der Waals surface area contributed by atoms with Crippen molar-refractivity contribution in [2.45, 2.75) is 108 Å². The van der Waals surface area contributed by atoms with E-state index in [-0.39, 0.29) is 61.3 Å². The highest BCUT2D eigenvalue weighted by atomic mass is 32.2. The van der Waals surface area contributed by atoms with Crippen LogP contribution in [0, 0.1) is 11.8 Å². The van der Waals surface area contributed by atoms with Crippen LogP contribution in [0.15, 0.2) is 132 Å². The number of hydrogen-bond donors (Lipinski definition) is 3. The summed E-state index contributed by atoms with van der Waals surface area (Å²) < 4.78 is 46.2. The van der Waals surface area contributed by atoms with Crippen molar-refractivity contribution in [2.75, 3.05) is 38.2 Å². The lowest BCUT2D eigenvalue weighted by molar-refractivity contribution is -0.116. The number of fused-ring (bicyclic) bond motifs is 1. The second-order valence-corrected chi connectivity index (χ2v) is 17.7. The molecule has 0 aromatic heterocycles. The Balaban J connectivity index is 1.22. The third-order valence-electron chi connectivity index (χ3n) is 10.2. The summed E-state index contributed by atoms with van der Waals surface area (Å²) in [5.74, 6) is -0.286. The highest BCUT2D eigenvalue weighted by molar-refractivity contribution is 7.89. The summed E-state index contributed by atoms with van der Waals surface area (Å²) in [5.41, 5.74) is 1.34. The summed E-state index contributed by atoms with van der Waals surface area (Å²) >= 11 is 0. The smallest absolute Gasteiger partial charge is 0.407 e. The maximum Gasteiger partial charge on any atom is 0.407 e. The molecule has 332 valence electrons. The van der Waals surface area contributed by atoms with Gasteiger partial charge < -0.3 is 30.0 Å². The Kier molecular flexibility index (Phi) is 22.0. The summed E-state index contributed by atoms with van der Waals surface area (Å²) in [6.45, 7) is 6.98. The minimum atomic E-state index is -4.08. The number of benzene rings is 2. The van der Waals surface area contributed by atoms with Gasteiger partial charge in [0.1, 0.15) is 6.10 Å². The van der Waals surface area contributed by atoms with E-state index in [9.17, 15) is 23.1 Å². The summed E-state index contributed by atoms with van der Waals surface area (Å²) in [6, 6.07) is 14.5. The van der Waals surface area contributed by atoms with Crippen LogP contribution in [0.1, 0.15) is 77.7 Å². The van der Waals surface area contributed by atoms with Crippen LogP contribution in [-0.4, -0.2) is 87.1 Å². The Hall–Kier alpha value is -4.59. The minimum Gasteiger partial charge on any atom is -0.443 e. The van der Waals surface area contributed by atoms with Crippen LogP contribution in [0.2, 0.25) is 0 Å². The fourth-order valence-corrected chi connectivity index (χ4v) is 8.58. The topological polar surface area (TPSA) is 144 Å². The Bertz CT molecular complexity index is 1890.